The Morgan fingerprint density at radius 3 is 2.33 bits per heavy atom. The number of carbonyl (C=O) groups is 2. The molecule has 1 aliphatic heterocycles. The third kappa shape index (κ3) is 4.46. The van der Waals surface area contributed by atoms with Gasteiger partial charge in [0.25, 0.3) is 0 Å². The number of piperazine rings is 1. The molecule has 1 heterocycles. The van der Waals surface area contributed by atoms with Crippen LogP contribution in [0, 0.1) is 0 Å². The normalized spacial score (nSPS) is 15.6. The molecule has 0 spiro atoms. The van der Waals surface area contributed by atoms with Crippen molar-refractivity contribution in [3.8, 4) is 0 Å². The van der Waals surface area contributed by atoms with Crippen molar-refractivity contribution in [3.63, 3.8) is 0 Å². The van der Waals surface area contributed by atoms with E-state index < -0.39 is 0 Å². The third-order valence-corrected chi connectivity index (χ3v) is 3.59. The van der Waals surface area contributed by atoms with E-state index in [9.17, 15) is 9.59 Å². The van der Waals surface area contributed by atoms with Crippen LogP contribution in [0.2, 0.25) is 0 Å². The van der Waals surface area contributed by atoms with Crippen molar-refractivity contribution >= 4 is 23.7 Å². The number of carbonyl (C=O) groups excluding carboxylic acids is 2. The number of hydrogen-bond acceptors (Lipinski definition) is 4. The Morgan fingerprint density at radius 2 is 1.81 bits per heavy atom. The molecule has 6 heteroatoms. The van der Waals surface area contributed by atoms with E-state index in [-0.39, 0.29) is 5.91 Å². The molecule has 2 amide bonds. The van der Waals surface area contributed by atoms with Gasteiger partial charge in [0.1, 0.15) is 0 Å². The molecule has 114 valence electrons. The molecular formula is C15H22N4O2. The van der Waals surface area contributed by atoms with Crippen molar-refractivity contribution in [2.24, 2.45) is 0 Å². The summed E-state index contributed by atoms with van der Waals surface area (Å²) >= 11 is 0. The first-order valence-electron chi connectivity index (χ1n) is 7.07. The fourth-order valence-electron chi connectivity index (χ4n) is 2.27. The number of rotatable bonds is 5. The summed E-state index contributed by atoms with van der Waals surface area (Å²) in [5, 5.41) is 2.90. The molecule has 0 radical (unpaired) electrons. The van der Waals surface area contributed by atoms with Gasteiger partial charge in [-0.15, -0.1) is 0 Å². The summed E-state index contributed by atoms with van der Waals surface area (Å²) in [6, 6.07) is 7.74. The molecule has 1 aromatic rings. The SMILES string of the molecule is CN(C)c1ccc(NC(=O)CN2CCN(C=O)CC2)cc1. The minimum Gasteiger partial charge on any atom is -0.378 e. The van der Waals surface area contributed by atoms with E-state index in [0.717, 1.165) is 30.9 Å². The predicted molar refractivity (Wildman–Crippen MR) is 83.5 cm³/mol. The first-order valence-corrected chi connectivity index (χ1v) is 7.07. The van der Waals surface area contributed by atoms with Crippen LogP contribution in [0.15, 0.2) is 24.3 Å². The molecule has 0 bridgehead atoms. The molecule has 0 unspecified atom stereocenters. The minimum atomic E-state index is -0.0212. The van der Waals surface area contributed by atoms with E-state index in [0.29, 0.717) is 19.6 Å². The zero-order chi connectivity index (χ0) is 15.2. The monoisotopic (exact) mass is 290 g/mol. The Kier molecular flexibility index (Phi) is 5.16. The molecule has 1 aliphatic rings. The highest BCUT2D eigenvalue weighted by Gasteiger charge is 2.17. The smallest absolute Gasteiger partial charge is 0.238 e. The molecule has 1 saturated heterocycles. The average Bonchev–Trinajstić information content (AvgIpc) is 2.48. The Hall–Kier alpha value is -2.08. The number of hydrogen-bond donors (Lipinski definition) is 1. The lowest BCUT2D eigenvalue weighted by molar-refractivity contribution is -0.120. The second kappa shape index (κ2) is 7.08. The van der Waals surface area contributed by atoms with Gasteiger partial charge in [-0.05, 0) is 24.3 Å². The highest BCUT2D eigenvalue weighted by molar-refractivity contribution is 5.92. The Balaban J connectivity index is 1.80. The summed E-state index contributed by atoms with van der Waals surface area (Å²) in [6.45, 7) is 3.22. The lowest BCUT2D eigenvalue weighted by Gasteiger charge is -2.31. The molecule has 6 nitrogen and oxygen atoms in total. The van der Waals surface area contributed by atoms with E-state index >= 15 is 0 Å². The van der Waals surface area contributed by atoms with E-state index in [4.69, 9.17) is 0 Å². The molecule has 0 saturated carbocycles. The van der Waals surface area contributed by atoms with Gasteiger partial charge in [0.2, 0.25) is 12.3 Å². The number of nitrogens with one attached hydrogen (secondary N) is 1. The van der Waals surface area contributed by atoms with Crippen LogP contribution in [0.3, 0.4) is 0 Å². The van der Waals surface area contributed by atoms with E-state index in [1.54, 1.807) is 4.90 Å². The molecule has 0 aliphatic carbocycles. The molecule has 0 atom stereocenters. The summed E-state index contributed by atoms with van der Waals surface area (Å²) < 4.78 is 0. The Morgan fingerprint density at radius 1 is 1.19 bits per heavy atom. The number of amides is 2. The zero-order valence-electron chi connectivity index (χ0n) is 12.6. The first-order chi connectivity index (χ1) is 10.1. The van der Waals surface area contributed by atoms with Crippen molar-refractivity contribution in [1.82, 2.24) is 9.80 Å². The van der Waals surface area contributed by atoms with Gasteiger partial charge in [0, 0.05) is 51.6 Å². The largest absolute Gasteiger partial charge is 0.378 e. The van der Waals surface area contributed by atoms with Crippen molar-refractivity contribution in [1.29, 1.82) is 0 Å². The summed E-state index contributed by atoms with van der Waals surface area (Å²) in [5.74, 6) is -0.0212. The van der Waals surface area contributed by atoms with Gasteiger partial charge in [-0.3, -0.25) is 14.5 Å². The van der Waals surface area contributed by atoms with Crippen LogP contribution >= 0.6 is 0 Å². The minimum absolute atomic E-state index is 0.0212. The van der Waals surface area contributed by atoms with E-state index in [2.05, 4.69) is 10.2 Å². The highest BCUT2D eigenvalue weighted by Crippen LogP contribution is 2.15. The van der Waals surface area contributed by atoms with Gasteiger partial charge < -0.3 is 15.1 Å². The molecule has 1 aromatic carbocycles. The predicted octanol–water partition coefficient (Wildman–Crippen LogP) is 0.465. The van der Waals surface area contributed by atoms with Crippen LogP contribution in [0.4, 0.5) is 11.4 Å². The third-order valence-electron chi connectivity index (χ3n) is 3.59. The van der Waals surface area contributed by atoms with Gasteiger partial charge in [0.15, 0.2) is 0 Å². The molecule has 0 aromatic heterocycles. The van der Waals surface area contributed by atoms with Crippen LogP contribution < -0.4 is 10.2 Å². The molecule has 21 heavy (non-hydrogen) atoms. The highest BCUT2D eigenvalue weighted by atomic mass is 16.2. The number of anilines is 2. The topological polar surface area (TPSA) is 55.9 Å². The second-order valence-corrected chi connectivity index (χ2v) is 5.41. The van der Waals surface area contributed by atoms with Gasteiger partial charge in [-0.1, -0.05) is 0 Å². The summed E-state index contributed by atoms with van der Waals surface area (Å²) in [6.07, 6.45) is 0.865. The number of nitrogens with zero attached hydrogens (tertiary/aromatic N) is 3. The average molecular weight is 290 g/mol. The maximum Gasteiger partial charge on any atom is 0.238 e. The quantitative estimate of drug-likeness (QED) is 0.801. The van der Waals surface area contributed by atoms with Gasteiger partial charge >= 0.3 is 0 Å². The van der Waals surface area contributed by atoms with Crippen LogP contribution in [0.25, 0.3) is 0 Å². The van der Waals surface area contributed by atoms with E-state index in [1.807, 2.05) is 43.3 Å². The molecule has 1 fully saturated rings. The standard InChI is InChI=1S/C15H22N4O2/c1-17(2)14-5-3-13(4-6-14)16-15(21)11-18-7-9-19(12-20)10-8-18/h3-6,12H,7-11H2,1-2H3,(H,16,21). The zero-order valence-corrected chi connectivity index (χ0v) is 12.6. The Bertz CT molecular complexity index is 479. The molecular weight excluding hydrogens is 268 g/mol. The van der Waals surface area contributed by atoms with Crippen LogP contribution in [-0.4, -0.2) is 68.9 Å². The van der Waals surface area contributed by atoms with Gasteiger partial charge in [-0.2, -0.15) is 0 Å². The summed E-state index contributed by atoms with van der Waals surface area (Å²) in [5.41, 5.74) is 1.90. The van der Waals surface area contributed by atoms with E-state index in [1.165, 1.54) is 0 Å². The van der Waals surface area contributed by atoms with Gasteiger partial charge in [-0.25, -0.2) is 0 Å². The summed E-state index contributed by atoms with van der Waals surface area (Å²) in [4.78, 5) is 28.4. The lowest BCUT2D eigenvalue weighted by Crippen LogP contribution is -2.48. The second-order valence-electron chi connectivity index (χ2n) is 5.41. The summed E-state index contributed by atoms with van der Waals surface area (Å²) in [7, 11) is 3.96. The van der Waals surface area contributed by atoms with Crippen LogP contribution in [-0.2, 0) is 9.59 Å². The van der Waals surface area contributed by atoms with Crippen molar-refractivity contribution in [2.45, 2.75) is 0 Å². The Labute approximate surface area is 125 Å². The van der Waals surface area contributed by atoms with Crippen molar-refractivity contribution in [3.05, 3.63) is 24.3 Å². The van der Waals surface area contributed by atoms with Crippen LogP contribution in [0.5, 0.6) is 0 Å². The number of benzene rings is 1. The first kappa shape index (κ1) is 15.3. The van der Waals surface area contributed by atoms with Crippen LogP contribution in [0.1, 0.15) is 0 Å². The lowest BCUT2D eigenvalue weighted by atomic mass is 10.2. The fourth-order valence-corrected chi connectivity index (χ4v) is 2.27. The van der Waals surface area contributed by atoms with Crippen molar-refractivity contribution in [2.75, 3.05) is 57.0 Å². The fraction of sp³-hybridized carbons (Fsp3) is 0.467. The maximum atomic E-state index is 12.0. The molecule has 2 rings (SSSR count). The van der Waals surface area contributed by atoms with Crippen molar-refractivity contribution < 1.29 is 9.59 Å². The maximum absolute atomic E-state index is 12.0. The van der Waals surface area contributed by atoms with Gasteiger partial charge in [0.05, 0.1) is 6.54 Å². The molecule has 1 N–H and O–H groups in total.